The highest BCUT2D eigenvalue weighted by atomic mass is 16.5. The number of primary amides is 1. The average molecular weight is 332 g/mol. The van der Waals surface area contributed by atoms with Gasteiger partial charge in [-0.15, -0.1) is 0 Å². The number of esters is 1. The van der Waals surface area contributed by atoms with Crippen molar-refractivity contribution in [2.45, 2.75) is 51.2 Å². The van der Waals surface area contributed by atoms with E-state index < -0.39 is 17.9 Å². The summed E-state index contributed by atoms with van der Waals surface area (Å²) >= 11 is 0. The van der Waals surface area contributed by atoms with Gasteiger partial charge in [0, 0.05) is 6.42 Å². The molecule has 0 saturated heterocycles. The van der Waals surface area contributed by atoms with E-state index in [2.05, 4.69) is 5.32 Å². The van der Waals surface area contributed by atoms with Crippen LogP contribution in [-0.2, 0) is 25.7 Å². The van der Waals surface area contributed by atoms with E-state index in [1.54, 1.807) is 0 Å². The van der Waals surface area contributed by atoms with Crippen molar-refractivity contribution >= 4 is 17.8 Å². The van der Waals surface area contributed by atoms with E-state index in [1.807, 2.05) is 30.3 Å². The minimum Gasteiger partial charge on any atom is -0.461 e. The predicted molar refractivity (Wildman–Crippen MR) is 88.6 cm³/mol. The minimum absolute atomic E-state index is 0.126. The van der Waals surface area contributed by atoms with E-state index in [0.29, 0.717) is 12.3 Å². The summed E-state index contributed by atoms with van der Waals surface area (Å²) in [4.78, 5) is 35.4. The van der Waals surface area contributed by atoms with Gasteiger partial charge in [0.15, 0.2) is 0 Å². The van der Waals surface area contributed by atoms with Crippen molar-refractivity contribution in [2.24, 2.45) is 11.7 Å². The van der Waals surface area contributed by atoms with Crippen molar-refractivity contribution in [3.63, 3.8) is 0 Å². The molecule has 0 radical (unpaired) electrons. The maximum absolute atomic E-state index is 12.0. The summed E-state index contributed by atoms with van der Waals surface area (Å²) < 4.78 is 5.13. The van der Waals surface area contributed by atoms with Crippen molar-refractivity contribution in [3.05, 3.63) is 35.9 Å². The Kier molecular flexibility index (Phi) is 6.78. The van der Waals surface area contributed by atoms with Gasteiger partial charge >= 0.3 is 5.97 Å². The molecular formula is C18H24N2O4. The predicted octanol–water partition coefficient (Wildman–Crippen LogP) is 1.67. The summed E-state index contributed by atoms with van der Waals surface area (Å²) in [7, 11) is 0. The van der Waals surface area contributed by atoms with Crippen LogP contribution in [0.5, 0.6) is 0 Å². The number of hydrogen-bond donors (Lipinski definition) is 2. The topological polar surface area (TPSA) is 98.5 Å². The summed E-state index contributed by atoms with van der Waals surface area (Å²) in [5.41, 5.74) is 6.14. The van der Waals surface area contributed by atoms with Gasteiger partial charge in [0.2, 0.25) is 11.8 Å². The van der Waals surface area contributed by atoms with Crippen LogP contribution in [0, 0.1) is 5.92 Å². The van der Waals surface area contributed by atoms with Crippen LogP contribution < -0.4 is 11.1 Å². The summed E-state index contributed by atoms with van der Waals surface area (Å²) in [6.07, 6.45) is 4.48. The van der Waals surface area contributed by atoms with Crippen LogP contribution in [0.2, 0.25) is 0 Å². The van der Waals surface area contributed by atoms with E-state index in [9.17, 15) is 14.4 Å². The monoisotopic (exact) mass is 332 g/mol. The van der Waals surface area contributed by atoms with Crippen LogP contribution in [0.1, 0.15) is 44.1 Å². The zero-order valence-electron chi connectivity index (χ0n) is 13.7. The van der Waals surface area contributed by atoms with E-state index in [4.69, 9.17) is 10.5 Å². The normalized spacial score (nSPS) is 15.7. The number of nitrogens with one attached hydrogen (secondary N) is 1. The van der Waals surface area contributed by atoms with Gasteiger partial charge in [-0.25, -0.2) is 0 Å². The molecule has 1 aliphatic rings. The number of nitrogens with two attached hydrogens (primary N) is 1. The maximum Gasteiger partial charge on any atom is 0.308 e. The standard InChI is InChI=1S/C18H24N2O4/c19-18(23)15(20-16(21)10-13-6-4-5-7-13)11-17(22)24-12-14-8-2-1-3-9-14/h1-3,8-9,13,15H,4-7,10-12H2,(H2,19,23)(H,20,21)/t15-/m0/s1. The van der Waals surface area contributed by atoms with E-state index >= 15 is 0 Å². The number of amides is 2. The third-order valence-electron chi connectivity index (χ3n) is 4.24. The lowest BCUT2D eigenvalue weighted by Crippen LogP contribution is -2.46. The van der Waals surface area contributed by atoms with Crippen LogP contribution in [0.25, 0.3) is 0 Å². The number of hydrogen-bond acceptors (Lipinski definition) is 4. The summed E-state index contributed by atoms with van der Waals surface area (Å²) in [6.45, 7) is 0.126. The van der Waals surface area contributed by atoms with Gasteiger partial charge in [0.1, 0.15) is 12.6 Å². The van der Waals surface area contributed by atoms with Crippen molar-refractivity contribution in [2.75, 3.05) is 0 Å². The summed E-state index contributed by atoms with van der Waals surface area (Å²) in [5.74, 6) is -1.17. The number of ether oxygens (including phenoxy) is 1. The molecule has 0 aliphatic heterocycles. The lowest BCUT2D eigenvalue weighted by atomic mass is 10.0. The minimum atomic E-state index is -1.03. The fourth-order valence-electron chi connectivity index (χ4n) is 2.92. The molecule has 6 nitrogen and oxygen atoms in total. The highest BCUT2D eigenvalue weighted by molar-refractivity contribution is 5.90. The molecular weight excluding hydrogens is 308 g/mol. The molecule has 130 valence electrons. The second-order valence-electron chi connectivity index (χ2n) is 6.23. The smallest absolute Gasteiger partial charge is 0.308 e. The highest BCUT2D eigenvalue weighted by Crippen LogP contribution is 2.27. The Bertz CT molecular complexity index is 568. The average Bonchev–Trinajstić information content (AvgIpc) is 3.06. The molecule has 3 N–H and O–H groups in total. The molecule has 1 saturated carbocycles. The number of carbonyl (C=O) groups excluding carboxylic acids is 3. The van der Waals surface area contributed by atoms with Crippen LogP contribution in [0.4, 0.5) is 0 Å². The molecule has 1 aromatic rings. The Balaban J connectivity index is 1.78. The van der Waals surface area contributed by atoms with Gasteiger partial charge in [-0.2, -0.15) is 0 Å². The maximum atomic E-state index is 12.0. The second kappa shape index (κ2) is 9.05. The lowest BCUT2D eigenvalue weighted by Gasteiger charge is -2.16. The molecule has 0 aromatic heterocycles. The van der Waals surface area contributed by atoms with E-state index in [-0.39, 0.29) is 18.9 Å². The Morgan fingerprint density at radius 3 is 2.46 bits per heavy atom. The molecule has 0 bridgehead atoms. The van der Waals surface area contributed by atoms with Crippen LogP contribution in [-0.4, -0.2) is 23.8 Å². The number of rotatable bonds is 8. The van der Waals surface area contributed by atoms with E-state index in [1.165, 1.54) is 0 Å². The van der Waals surface area contributed by atoms with Gasteiger partial charge in [-0.3, -0.25) is 14.4 Å². The van der Waals surface area contributed by atoms with Crippen molar-refractivity contribution < 1.29 is 19.1 Å². The summed E-state index contributed by atoms with van der Waals surface area (Å²) in [5, 5.41) is 2.56. The first-order valence-electron chi connectivity index (χ1n) is 8.33. The first-order valence-corrected chi connectivity index (χ1v) is 8.33. The van der Waals surface area contributed by atoms with Crippen LogP contribution in [0.15, 0.2) is 30.3 Å². The van der Waals surface area contributed by atoms with Crippen molar-refractivity contribution in [3.8, 4) is 0 Å². The fraction of sp³-hybridized carbons (Fsp3) is 0.500. The Labute approximate surface area is 141 Å². The molecule has 2 rings (SSSR count). The van der Waals surface area contributed by atoms with Gasteiger partial charge in [-0.1, -0.05) is 43.2 Å². The zero-order valence-corrected chi connectivity index (χ0v) is 13.7. The second-order valence-corrected chi connectivity index (χ2v) is 6.23. The van der Waals surface area contributed by atoms with Gasteiger partial charge in [-0.05, 0) is 24.3 Å². The number of carbonyl (C=O) groups is 3. The summed E-state index contributed by atoms with van der Waals surface area (Å²) in [6, 6.07) is 8.21. The van der Waals surface area contributed by atoms with E-state index in [0.717, 1.165) is 31.2 Å². The molecule has 2 amide bonds. The van der Waals surface area contributed by atoms with Gasteiger partial charge in [0.25, 0.3) is 0 Å². The quantitative estimate of drug-likeness (QED) is 0.707. The highest BCUT2D eigenvalue weighted by Gasteiger charge is 2.25. The Morgan fingerprint density at radius 2 is 1.83 bits per heavy atom. The molecule has 1 aliphatic carbocycles. The van der Waals surface area contributed by atoms with Crippen LogP contribution in [0.3, 0.4) is 0 Å². The lowest BCUT2D eigenvalue weighted by molar-refractivity contribution is -0.147. The Morgan fingerprint density at radius 1 is 1.17 bits per heavy atom. The molecule has 24 heavy (non-hydrogen) atoms. The molecule has 0 spiro atoms. The van der Waals surface area contributed by atoms with Crippen LogP contribution >= 0.6 is 0 Å². The fourth-order valence-corrected chi connectivity index (χ4v) is 2.92. The first kappa shape index (κ1) is 18.0. The third kappa shape index (κ3) is 6.02. The van der Waals surface area contributed by atoms with Gasteiger partial charge in [0.05, 0.1) is 6.42 Å². The largest absolute Gasteiger partial charge is 0.461 e. The Hall–Kier alpha value is -2.37. The van der Waals surface area contributed by atoms with Crippen molar-refractivity contribution in [1.82, 2.24) is 5.32 Å². The molecule has 6 heteroatoms. The molecule has 1 aromatic carbocycles. The zero-order chi connectivity index (χ0) is 17.4. The SMILES string of the molecule is NC(=O)[C@H](CC(=O)OCc1ccccc1)NC(=O)CC1CCCC1. The molecule has 1 atom stereocenters. The number of benzene rings is 1. The molecule has 0 heterocycles. The molecule has 0 unspecified atom stereocenters. The third-order valence-corrected chi connectivity index (χ3v) is 4.24. The first-order chi connectivity index (χ1) is 11.5. The van der Waals surface area contributed by atoms with Gasteiger partial charge < -0.3 is 15.8 Å². The van der Waals surface area contributed by atoms with Crippen molar-refractivity contribution in [1.29, 1.82) is 0 Å². The molecule has 1 fully saturated rings.